The molecular weight excluding hydrogens is 391 g/mol. The van der Waals surface area contributed by atoms with Gasteiger partial charge in [0.25, 0.3) is 0 Å². The summed E-state index contributed by atoms with van der Waals surface area (Å²) in [6.45, 7) is 8.74. The number of imidazole rings is 1. The number of fused-ring (bicyclic) bond motifs is 2. The lowest BCUT2D eigenvalue weighted by atomic mass is 10.1. The quantitative estimate of drug-likeness (QED) is 0.294. The average Bonchev–Trinajstić information content (AvgIpc) is 3.33. The Balaban J connectivity index is 1.60. The van der Waals surface area contributed by atoms with Crippen LogP contribution < -0.4 is 0 Å². The molecule has 0 saturated heterocycles. The average molecular weight is 410 g/mol. The van der Waals surface area contributed by atoms with Gasteiger partial charge in [-0.3, -0.25) is 9.67 Å². The number of pyridine rings is 1. The largest absolute Gasteiger partial charge is 0.326 e. The molecule has 0 saturated carbocycles. The van der Waals surface area contributed by atoms with E-state index in [-0.39, 0.29) is 5.82 Å². The predicted octanol–water partition coefficient (Wildman–Crippen LogP) is 4.94. The van der Waals surface area contributed by atoms with Gasteiger partial charge in [-0.2, -0.15) is 5.10 Å². The summed E-state index contributed by atoms with van der Waals surface area (Å²) in [5, 5.41) is 5.80. The van der Waals surface area contributed by atoms with Gasteiger partial charge < -0.3 is 9.41 Å². The van der Waals surface area contributed by atoms with E-state index in [4.69, 9.17) is 16.7 Å². The monoisotopic (exact) mass is 410 g/mol. The van der Waals surface area contributed by atoms with E-state index < -0.39 is 0 Å². The third kappa shape index (κ3) is 3.53. The lowest BCUT2D eigenvalue weighted by Crippen LogP contribution is -2.10. The van der Waals surface area contributed by atoms with E-state index in [1.165, 1.54) is 12.1 Å². The Labute approximate surface area is 178 Å². The number of rotatable bonds is 6. The Morgan fingerprint density at radius 1 is 1.00 bits per heavy atom. The molecule has 0 unspecified atom stereocenters. The van der Waals surface area contributed by atoms with Crippen molar-refractivity contribution in [2.75, 3.05) is 6.54 Å². The molecule has 152 valence electrons. The highest BCUT2D eigenvalue weighted by atomic mass is 19.1. The first-order valence-corrected chi connectivity index (χ1v) is 10.1. The Kier molecular flexibility index (Phi) is 4.89. The molecule has 0 atom stereocenters. The maximum absolute atomic E-state index is 13.4. The van der Waals surface area contributed by atoms with E-state index in [9.17, 15) is 4.39 Å². The van der Waals surface area contributed by atoms with Crippen molar-refractivity contribution in [3.05, 3.63) is 90.0 Å². The number of hydrogen-bond donors (Lipinski definition) is 0. The third-order valence-corrected chi connectivity index (χ3v) is 5.35. The van der Waals surface area contributed by atoms with E-state index in [0.29, 0.717) is 13.1 Å². The fourth-order valence-corrected chi connectivity index (χ4v) is 3.90. The summed E-state index contributed by atoms with van der Waals surface area (Å²) in [6.07, 6.45) is 4.29. The highest BCUT2D eigenvalue weighted by Gasteiger charge is 2.16. The van der Waals surface area contributed by atoms with Gasteiger partial charge in [-0.25, -0.2) is 15.9 Å². The summed E-state index contributed by atoms with van der Waals surface area (Å²) < 4.78 is 17.5. The molecule has 0 radical (unpaired) electrons. The van der Waals surface area contributed by atoms with Crippen LogP contribution in [-0.2, 0) is 13.1 Å². The summed E-state index contributed by atoms with van der Waals surface area (Å²) in [5.74, 6) is 0.604. The lowest BCUT2D eigenvalue weighted by molar-refractivity contribution is 0.601. The van der Waals surface area contributed by atoms with Crippen molar-refractivity contribution in [3.63, 3.8) is 0 Å². The standard InChI is InChI=1S/C24H19FN6/c1-26-12-4-14-30-21-6-3-2-5-20(21)28-23(30)16-31-22-15-27-13-11-19(22)24(29-31)17-7-9-18(25)10-8-17/h2-3,5-11,13,15H,4,12,14,16H2. The van der Waals surface area contributed by atoms with Gasteiger partial charge in [0.2, 0.25) is 6.54 Å². The van der Waals surface area contributed by atoms with Gasteiger partial charge >= 0.3 is 0 Å². The summed E-state index contributed by atoms with van der Waals surface area (Å²) in [7, 11) is 0. The van der Waals surface area contributed by atoms with Crippen LogP contribution in [-0.4, -0.2) is 30.9 Å². The number of benzene rings is 2. The van der Waals surface area contributed by atoms with Gasteiger partial charge in [-0.05, 0) is 42.5 Å². The third-order valence-electron chi connectivity index (χ3n) is 5.35. The van der Waals surface area contributed by atoms with Crippen molar-refractivity contribution in [1.29, 1.82) is 0 Å². The zero-order valence-corrected chi connectivity index (χ0v) is 16.7. The van der Waals surface area contributed by atoms with Crippen molar-refractivity contribution in [1.82, 2.24) is 24.3 Å². The highest BCUT2D eigenvalue weighted by molar-refractivity contribution is 5.92. The number of hydrogen-bond acceptors (Lipinski definition) is 3. The van der Waals surface area contributed by atoms with Crippen LogP contribution in [0.4, 0.5) is 4.39 Å². The van der Waals surface area contributed by atoms with E-state index in [1.54, 1.807) is 24.5 Å². The van der Waals surface area contributed by atoms with Crippen LogP contribution in [0.5, 0.6) is 0 Å². The van der Waals surface area contributed by atoms with Gasteiger partial charge in [-0.1, -0.05) is 12.1 Å². The van der Waals surface area contributed by atoms with Crippen molar-refractivity contribution in [2.45, 2.75) is 19.5 Å². The maximum atomic E-state index is 13.4. The first-order chi connectivity index (χ1) is 15.2. The second kappa shape index (κ2) is 8.00. The van der Waals surface area contributed by atoms with Crippen LogP contribution in [0.25, 0.3) is 38.0 Å². The maximum Gasteiger partial charge on any atom is 0.216 e. The molecule has 0 fully saturated rings. The molecule has 7 heteroatoms. The number of aryl methyl sites for hydroxylation is 1. The van der Waals surface area contributed by atoms with Crippen LogP contribution in [0.15, 0.2) is 67.0 Å². The van der Waals surface area contributed by atoms with Crippen molar-refractivity contribution < 1.29 is 4.39 Å². The molecule has 2 aromatic carbocycles. The molecule has 3 heterocycles. The number of aromatic nitrogens is 5. The number of halogens is 1. The molecule has 0 aliphatic rings. The van der Waals surface area contributed by atoms with Crippen LogP contribution >= 0.6 is 0 Å². The summed E-state index contributed by atoms with van der Waals surface area (Å²) >= 11 is 0. The molecule has 6 nitrogen and oxygen atoms in total. The highest BCUT2D eigenvalue weighted by Crippen LogP contribution is 2.28. The van der Waals surface area contributed by atoms with E-state index in [0.717, 1.165) is 52.0 Å². The second-order valence-corrected chi connectivity index (χ2v) is 7.31. The molecule has 0 aliphatic carbocycles. The van der Waals surface area contributed by atoms with Crippen molar-refractivity contribution in [2.24, 2.45) is 0 Å². The van der Waals surface area contributed by atoms with Gasteiger partial charge in [0, 0.05) is 30.1 Å². The summed E-state index contributed by atoms with van der Waals surface area (Å²) in [4.78, 5) is 12.6. The minimum Gasteiger partial charge on any atom is -0.326 e. The van der Waals surface area contributed by atoms with Crippen LogP contribution in [0, 0.1) is 12.4 Å². The number of para-hydroxylation sites is 2. The van der Waals surface area contributed by atoms with E-state index in [1.807, 2.05) is 28.9 Å². The normalized spacial score (nSPS) is 11.2. The van der Waals surface area contributed by atoms with Crippen LogP contribution in [0.1, 0.15) is 12.2 Å². The first kappa shape index (κ1) is 18.9. The van der Waals surface area contributed by atoms with Crippen molar-refractivity contribution in [3.8, 4) is 11.3 Å². The fraction of sp³-hybridized carbons (Fsp3) is 0.167. The molecule has 3 aromatic heterocycles. The zero-order valence-electron chi connectivity index (χ0n) is 16.7. The molecule has 5 aromatic rings. The molecule has 0 bridgehead atoms. The number of nitrogens with zero attached hydrogens (tertiary/aromatic N) is 6. The Morgan fingerprint density at radius 2 is 1.84 bits per heavy atom. The van der Waals surface area contributed by atoms with Gasteiger partial charge in [0.1, 0.15) is 17.3 Å². The molecule has 31 heavy (non-hydrogen) atoms. The smallest absolute Gasteiger partial charge is 0.216 e. The van der Waals surface area contributed by atoms with Gasteiger partial charge in [-0.15, -0.1) is 0 Å². The van der Waals surface area contributed by atoms with Crippen LogP contribution in [0.3, 0.4) is 0 Å². The van der Waals surface area contributed by atoms with Gasteiger partial charge in [0.15, 0.2) is 0 Å². The molecule has 0 spiro atoms. The molecule has 5 rings (SSSR count). The fourth-order valence-electron chi connectivity index (χ4n) is 3.90. The SMILES string of the molecule is [C-]#[N+]CCCn1c(Cn2nc(-c3ccc(F)cc3)c3ccncc32)nc2ccccc21. The van der Waals surface area contributed by atoms with E-state index >= 15 is 0 Å². The minimum absolute atomic E-state index is 0.276. The predicted molar refractivity (Wildman–Crippen MR) is 118 cm³/mol. The lowest BCUT2D eigenvalue weighted by Gasteiger charge is -2.08. The van der Waals surface area contributed by atoms with Crippen LogP contribution in [0.2, 0.25) is 0 Å². The zero-order chi connectivity index (χ0) is 21.2. The summed E-state index contributed by atoms with van der Waals surface area (Å²) in [5.41, 5.74) is 4.50. The first-order valence-electron chi connectivity index (χ1n) is 10.1. The Hall–Kier alpha value is -4.05. The van der Waals surface area contributed by atoms with E-state index in [2.05, 4.69) is 20.5 Å². The molecule has 0 aliphatic heterocycles. The Morgan fingerprint density at radius 3 is 2.68 bits per heavy atom. The summed E-state index contributed by atoms with van der Waals surface area (Å²) in [6, 6.07) is 16.3. The minimum atomic E-state index is -0.276. The molecule has 0 amide bonds. The van der Waals surface area contributed by atoms with Crippen molar-refractivity contribution >= 4 is 21.9 Å². The topological polar surface area (TPSA) is 52.9 Å². The second-order valence-electron chi connectivity index (χ2n) is 7.31. The molecule has 0 N–H and O–H groups in total. The van der Waals surface area contributed by atoms with Gasteiger partial charge in [0.05, 0.1) is 29.3 Å². The Bertz CT molecular complexity index is 1410. The molecular formula is C24H19FN6.